The molecule has 2 aromatic rings. The Kier molecular flexibility index (Phi) is 11.2. The van der Waals surface area contributed by atoms with Gasteiger partial charge in [0.2, 0.25) is 11.8 Å². The van der Waals surface area contributed by atoms with E-state index in [2.05, 4.69) is 26.3 Å². The molecule has 212 valence electrons. The van der Waals surface area contributed by atoms with E-state index in [-0.39, 0.29) is 40.2 Å². The molecule has 1 aliphatic heterocycles. The number of hydrogen-bond donors (Lipinski definition) is 8. The van der Waals surface area contributed by atoms with Crippen molar-refractivity contribution in [1.82, 2.24) is 21.3 Å². The van der Waals surface area contributed by atoms with Gasteiger partial charge in [-0.15, -0.1) is 0 Å². The number of carbonyl (C=O) groups is 2. The Morgan fingerprint density at radius 1 is 0.795 bits per heavy atom. The van der Waals surface area contributed by atoms with E-state index in [1.165, 1.54) is 24.3 Å². The van der Waals surface area contributed by atoms with Gasteiger partial charge in [-0.05, 0) is 70.1 Å². The van der Waals surface area contributed by atoms with Crippen molar-refractivity contribution < 1.29 is 34.8 Å². The number of phenolic OH excluding ortho intramolecular Hbond substituents is 4. The Bertz CT molecular complexity index is 1160. The molecule has 0 saturated heterocycles. The molecule has 1 aliphatic rings. The fraction of sp³-hybridized carbons (Fsp3) is 0.444. The van der Waals surface area contributed by atoms with Gasteiger partial charge >= 0.3 is 0 Å². The van der Waals surface area contributed by atoms with E-state index in [0.29, 0.717) is 19.6 Å². The molecule has 2 atom stereocenters. The minimum absolute atomic E-state index is 0.0384. The number of aromatic hydroxyl groups is 4. The van der Waals surface area contributed by atoms with Gasteiger partial charge in [0.05, 0.1) is 11.1 Å². The zero-order chi connectivity index (χ0) is 28.2. The van der Waals surface area contributed by atoms with E-state index < -0.39 is 23.8 Å². The standard InChI is InChI=1S/C27H37N5O7/c1-17-22(32-27(39-17)19-8-5-10-21(34)24(19)36)26(38)30-14-6-13-28-11-2-3-12-29-15-16-31-25(37)18-7-4-9-20(33)23(18)35/h4-5,7-10,17,22,28-29,33-36H,2-3,6,11-16H2,1H3,(H,30,38)(H,31,37). The molecule has 0 saturated carbocycles. The first-order valence-electron chi connectivity index (χ1n) is 13.0. The van der Waals surface area contributed by atoms with Crippen LogP contribution in [0.15, 0.2) is 41.4 Å². The van der Waals surface area contributed by atoms with E-state index in [1.54, 1.807) is 19.1 Å². The highest BCUT2D eigenvalue weighted by molar-refractivity contribution is 6.01. The maximum atomic E-state index is 12.5. The Morgan fingerprint density at radius 3 is 2.18 bits per heavy atom. The van der Waals surface area contributed by atoms with Crippen molar-refractivity contribution in [3.8, 4) is 23.0 Å². The van der Waals surface area contributed by atoms with Crippen molar-refractivity contribution >= 4 is 17.7 Å². The molecule has 2 unspecified atom stereocenters. The number of phenols is 4. The predicted molar refractivity (Wildman–Crippen MR) is 145 cm³/mol. The minimum atomic E-state index is -0.727. The number of benzene rings is 2. The second-order valence-electron chi connectivity index (χ2n) is 9.16. The fourth-order valence-corrected chi connectivity index (χ4v) is 3.96. The van der Waals surface area contributed by atoms with Gasteiger partial charge < -0.3 is 46.4 Å². The molecule has 8 N–H and O–H groups in total. The van der Waals surface area contributed by atoms with Gasteiger partial charge in [-0.2, -0.15) is 0 Å². The zero-order valence-electron chi connectivity index (χ0n) is 21.9. The molecular weight excluding hydrogens is 506 g/mol. The lowest BCUT2D eigenvalue weighted by molar-refractivity contribution is -0.123. The highest BCUT2D eigenvalue weighted by atomic mass is 16.5. The maximum absolute atomic E-state index is 12.5. The number of hydrogen-bond acceptors (Lipinski definition) is 10. The van der Waals surface area contributed by atoms with Crippen molar-refractivity contribution in [3.05, 3.63) is 47.5 Å². The van der Waals surface area contributed by atoms with Gasteiger partial charge in [0.1, 0.15) is 6.10 Å². The molecule has 2 amide bonds. The van der Waals surface area contributed by atoms with Gasteiger partial charge in [-0.3, -0.25) is 9.59 Å². The molecule has 0 radical (unpaired) electrons. The summed E-state index contributed by atoms with van der Waals surface area (Å²) >= 11 is 0. The predicted octanol–water partition coefficient (Wildman–Crippen LogP) is 0.939. The number of amides is 2. The van der Waals surface area contributed by atoms with Crippen molar-refractivity contribution in [2.24, 2.45) is 4.99 Å². The van der Waals surface area contributed by atoms with Gasteiger partial charge in [0, 0.05) is 19.6 Å². The summed E-state index contributed by atoms with van der Waals surface area (Å²) < 4.78 is 5.63. The SMILES string of the molecule is CC1OC(c2cccc(O)c2O)=NC1C(=O)NCCCNCCCCNCCNC(=O)c1cccc(O)c1O. The van der Waals surface area contributed by atoms with Crippen LogP contribution in [0.1, 0.15) is 42.1 Å². The molecule has 2 aromatic carbocycles. The van der Waals surface area contributed by atoms with Crippen molar-refractivity contribution in [3.63, 3.8) is 0 Å². The van der Waals surface area contributed by atoms with Crippen LogP contribution in [-0.4, -0.2) is 89.6 Å². The van der Waals surface area contributed by atoms with E-state index in [1.807, 2.05) is 0 Å². The molecule has 0 fully saturated rings. The van der Waals surface area contributed by atoms with Gasteiger partial charge in [-0.25, -0.2) is 4.99 Å². The molecule has 0 aliphatic carbocycles. The summed E-state index contributed by atoms with van der Waals surface area (Å²) in [5.74, 6) is -1.93. The van der Waals surface area contributed by atoms with Gasteiger partial charge in [0.25, 0.3) is 5.91 Å². The number of para-hydroxylation sites is 2. The molecule has 0 bridgehead atoms. The van der Waals surface area contributed by atoms with Crippen molar-refractivity contribution in [2.75, 3.05) is 39.3 Å². The zero-order valence-corrected chi connectivity index (χ0v) is 21.9. The van der Waals surface area contributed by atoms with Crippen LogP contribution in [0, 0.1) is 0 Å². The van der Waals surface area contributed by atoms with Crippen LogP contribution >= 0.6 is 0 Å². The average molecular weight is 544 g/mol. The van der Waals surface area contributed by atoms with Crippen molar-refractivity contribution in [1.29, 1.82) is 0 Å². The largest absolute Gasteiger partial charge is 0.504 e. The first-order valence-corrected chi connectivity index (χ1v) is 13.0. The number of unbranched alkanes of at least 4 members (excludes halogenated alkanes) is 1. The Hall–Kier alpha value is -4.03. The first kappa shape index (κ1) is 29.5. The second-order valence-corrected chi connectivity index (χ2v) is 9.16. The molecule has 39 heavy (non-hydrogen) atoms. The van der Waals surface area contributed by atoms with Crippen LogP contribution in [0.4, 0.5) is 0 Å². The molecule has 0 aromatic heterocycles. The van der Waals surface area contributed by atoms with Crippen LogP contribution in [0.5, 0.6) is 23.0 Å². The van der Waals surface area contributed by atoms with E-state index in [0.717, 1.165) is 38.9 Å². The molecule has 12 heteroatoms. The molecule has 0 spiro atoms. The number of aliphatic imine (C=N–C) groups is 1. The van der Waals surface area contributed by atoms with E-state index in [4.69, 9.17) is 4.74 Å². The lowest BCUT2D eigenvalue weighted by Crippen LogP contribution is -2.39. The van der Waals surface area contributed by atoms with Crippen LogP contribution in [0.25, 0.3) is 0 Å². The normalized spacial score (nSPS) is 16.4. The fourth-order valence-electron chi connectivity index (χ4n) is 3.96. The Morgan fingerprint density at radius 2 is 1.44 bits per heavy atom. The number of ether oxygens (including phenoxy) is 1. The quantitative estimate of drug-likeness (QED) is 0.120. The smallest absolute Gasteiger partial charge is 0.255 e. The highest BCUT2D eigenvalue weighted by Crippen LogP contribution is 2.31. The summed E-state index contributed by atoms with van der Waals surface area (Å²) in [4.78, 5) is 28.9. The lowest BCUT2D eigenvalue weighted by atomic mass is 10.1. The molecular formula is C27H37N5O7. The number of rotatable bonds is 15. The lowest BCUT2D eigenvalue weighted by Gasteiger charge is -2.13. The summed E-state index contributed by atoms with van der Waals surface area (Å²) in [6.45, 7) is 5.61. The maximum Gasteiger partial charge on any atom is 0.255 e. The topological polar surface area (TPSA) is 185 Å². The third-order valence-electron chi connectivity index (χ3n) is 6.15. The third kappa shape index (κ3) is 8.48. The number of carbonyl (C=O) groups excluding carboxylic acids is 2. The average Bonchev–Trinajstić information content (AvgIpc) is 3.31. The number of nitrogens with zero attached hydrogens (tertiary/aromatic N) is 1. The van der Waals surface area contributed by atoms with Crippen molar-refractivity contribution in [2.45, 2.75) is 38.3 Å². The van der Waals surface area contributed by atoms with Gasteiger partial charge in [-0.1, -0.05) is 12.1 Å². The van der Waals surface area contributed by atoms with Crippen LogP contribution in [-0.2, 0) is 9.53 Å². The molecule has 3 rings (SSSR count). The third-order valence-corrected chi connectivity index (χ3v) is 6.15. The van der Waals surface area contributed by atoms with Crippen LogP contribution < -0.4 is 21.3 Å². The monoisotopic (exact) mass is 543 g/mol. The summed E-state index contributed by atoms with van der Waals surface area (Å²) in [6.07, 6.45) is 2.19. The van der Waals surface area contributed by atoms with Crippen LogP contribution in [0.3, 0.4) is 0 Å². The summed E-state index contributed by atoms with van der Waals surface area (Å²) in [6, 6.07) is 8.01. The summed E-state index contributed by atoms with van der Waals surface area (Å²) in [5.41, 5.74) is 0.283. The summed E-state index contributed by atoms with van der Waals surface area (Å²) in [5, 5.41) is 51.0. The summed E-state index contributed by atoms with van der Waals surface area (Å²) in [7, 11) is 0. The minimum Gasteiger partial charge on any atom is -0.504 e. The van der Waals surface area contributed by atoms with Crippen LogP contribution in [0.2, 0.25) is 0 Å². The second kappa shape index (κ2) is 14.8. The van der Waals surface area contributed by atoms with E-state index >= 15 is 0 Å². The highest BCUT2D eigenvalue weighted by Gasteiger charge is 2.34. The first-order chi connectivity index (χ1) is 18.8. The molecule has 12 nitrogen and oxygen atoms in total. The van der Waals surface area contributed by atoms with E-state index in [9.17, 15) is 30.0 Å². The Balaban J connectivity index is 1.19. The number of nitrogens with one attached hydrogen (secondary N) is 4. The van der Waals surface area contributed by atoms with Gasteiger partial charge in [0.15, 0.2) is 29.0 Å². The Labute approximate surface area is 227 Å². The molecule has 1 heterocycles.